The Morgan fingerprint density at radius 2 is 1.86 bits per heavy atom. The number of anilines is 1. The minimum Gasteiger partial charge on any atom is -0.378 e. The van der Waals surface area contributed by atoms with Crippen molar-refractivity contribution >= 4 is 39.6 Å². The van der Waals surface area contributed by atoms with Gasteiger partial charge in [0.1, 0.15) is 11.2 Å². The van der Waals surface area contributed by atoms with Crippen LogP contribution in [0.15, 0.2) is 43.1 Å². The van der Waals surface area contributed by atoms with E-state index >= 15 is 0 Å². The summed E-state index contributed by atoms with van der Waals surface area (Å²) in [4.78, 5) is 47.7. The molecule has 1 aliphatic heterocycles. The van der Waals surface area contributed by atoms with Crippen molar-refractivity contribution in [3.63, 3.8) is 0 Å². The van der Waals surface area contributed by atoms with Crippen LogP contribution in [-0.4, -0.2) is 78.1 Å². The van der Waals surface area contributed by atoms with Crippen molar-refractivity contribution in [1.82, 2.24) is 40.0 Å². The molecule has 1 saturated heterocycles. The second-order valence-electron chi connectivity index (χ2n) is 8.63. The Balaban J connectivity index is 1.38. The van der Waals surface area contributed by atoms with E-state index in [0.29, 0.717) is 72.2 Å². The highest BCUT2D eigenvalue weighted by Gasteiger charge is 2.23. The zero-order valence-corrected chi connectivity index (χ0v) is 20.0. The largest absolute Gasteiger partial charge is 0.378 e. The highest BCUT2D eigenvalue weighted by Crippen LogP contribution is 2.30. The van der Waals surface area contributed by atoms with E-state index in [0.717, 1.165) is 16.5 Å². The van der Waals surface area contributed by atoms with Gasteiger partial charge in [0.2, 0.25) is 5.91 Å². The van der Waals surface area contributed by atoms with Crippen LogP contribution in [0.3, 0.4) is 0 Å². The SMILES string of the molecule is CCC(=O)Nc1cncc(-c2cnc3n[nH]c(-c4nc5c(C(=O)N6CCOCC6)cncc5[nH]4)c3c2)c1. The first-order valence-corrected chi connectivity index (χ1v) is 11.9. The quantitative estimate of drug-likeness (QED) is 0.335. The second kappa shape index (κ2) is 9.39. The number of H-pyrrole nitrogens is 2. The van der Waals surface area contributed by atoms with Crippen molar-refractivity contribution in [2.75, 3.05) is 31.6 Å². The number of nitrogens with one attached hydrogen (secondary N) is 3. The molecule has 1 aliphatic rings. The fourth-order valence-electron chi connectivity index (χ4n) is 4.30. The highest BCUT2D eigenvalue weighted by atomic mass is 16.5. The number of carbonyl (C=O) groups excluding carboxylic acids is 2. The molecule has 0 atom stereocenters. The normalized spacial score (nSPS) is 13.8. The Morgan fingerprint density at radius 1 is 1.05 bits per heavy atom. The fourth-order valence-corrected chi connectivity index (χ4v) is 4.30. The first-order valence-electron chi connectivity index (χ1n) is 11.9. The number of aromatic amines is 2. The van der Waals surface area contributed by atoms with E-state index in [4.69, 9.17) is 9.72 Å². The molecular weight excluding hydrogens is 474 g/mol. The van der Waals surface area contributed by atoms with Gasteiger partial charge in [-0.05, 0) is 12.1 Å². The number of rotatable bonds is 5. The van der Waals surface area contributed by atoms with E-state index in [1.165, 1.54) is 0 Å². The molecule has 12 nitrogen and oxygen atoms in total. The Labute approximate surface area is 210 Å². The standard InChI is InChI=1S/C25H23N9O3/c1-2-20(35)29-16-7-14(9-26-11-16)15-8-17-22(32-33-23(17)28-10-15)24-30-19-13-27-12-18(21(19)31-24)25(36)34-3-5-37-6-4-34/h7-13H,2-6H2,1H3,(H,29,35)(H,30,31)(H,28,32,33). The van der Waals surface area contributed by atoms with Gasteiger partial charge in [0, 0.05) is 49.2 Å². The van der Waals surface area contributed by atoms with Crippen molar-refractivity contribution in [2.24, 2.45) is 0 Å². The average molecular weight is 498 g/mol. The highest BCUT2D eigenvalue weighted by molar-refractivity contribution is 6.05. The summed E-state index contributed by atoms with van der Waals surface area (Å²) in [5, 5.41) is 10.9. The molecule has 1 fully saturated rings. The van der Waals surface area contributed by atoms with Gasteiger partial charge in [-0.15, -0.1) is 0 Å². The van der Waals surface area contributed by atoms with Gasteiger partial charge in [-0.3, -0.25) is 24.7 Å². The molecule has 0 spiro atoms. The molecule has 0 aromatic carbocycles. The monoisotopic (exact) mass is 497 g/mol. The van der Waals surface area contributed by atoms with E-state index < -0.39 is 0 Å². The number of carbonyl (C=O) groups is 2. The van der Waals surface area contributed by atoms with Gasteiger partial charge in [0.05, 0.1) is 47.8 Å². The first kappa shape index (κ1) is 22.7. The summed E-state index contributed by atoms with van der Waals surface area (Å²) in [5.41, 5.74) is 4.97. The zero-order chi connectivity index (χ0) is 25.4. The molecule has 12 heteroatoms. The van der Waals surface area contributed by atoms with E-state index in [9.17, 15) is 9.59 Å². The Morgan fingerprint density at radius 3 is 2.70 bits per heavy atom. The number of aromatic nitrogens is 7. The van der Waals surface area contributed by atoms with E-state index in [2.05, 4.69) is 35.5 Å². The maximum atomic E-state index is 13.2. The van der Waals surface area contributed by atoms with Crippen LogP contribution < -0.4 is 5.32 Å². The van der Waals surface area contributed by atoms with E-state index in [-0.39, 0.29) is 11.8 Å². The van der Waals surface area contributed by atoms with Crippen LogP contribution in [-0.2, 0) is 9.53 Å². The Kier molecular flexibility index (Phi) is 5.77. The molecule has 3 N–H and O–H groups in total. The average Bonchev–Trinajstić information content (AvgIpc) is 3.57. The molecule has 6 rings (SSSR count). The lowest BCUT2D eigenvalue weighted by atomic mass is 10.1. The minimum atomic E-state index is -0.125. The molecule has 5 aromatic heterocycles. The lowest BCUT2D eigenvalue weighted by molar-refractivity contribution is -0.115. The first-order chi connectivity index (χ1) is 18.1. The molecule has 0 bridgehead atoms. The summed E-state index contributed by atoms with van der Waals surface area (Å²) in [6, 6.07) is 3.79. The number of nitrogens with zero attached hydrogens (tertiary/aromatic N) is 6. The molecule has 37 heavy (non-hydrogen) atoms. The van der Waals surface area contributed by atoms with Gasteiger partial charge in [0.25, 0.3) is 5.91 Å². The lowest BCUT2D eigenvalue weighted by Crippen LogP contribution is -2.40. The summed E-state index contributed by atoms with van der Waals surface area (Å²) >= 11 is 0. The third-order valence-electron chi connectivity index (χ3n) is 6.25. The summed E-state index contributed by atoms with van der Waals surface area (Å²) in [7, 11) is 0. The number of hydrogen-bond acceptors (Lipinski definition) is 8. The van der Waals surface area contributed by atoms with Crippen LogP contribution >= 0.6 is 0 Å². The van der Waals surface area contributed by atoms with E-state index in [1.807, 2.05) is 12.1 Å². The predicted molar refractivity (Wildman–Crippen MR) is 136 cm³/mol. The van der Waals surface area contributed by atoms with Gasteiger partial charge in [-0.25, -0.2) is 9.97 Å². The van der Waals surface area contributed by atoms with Crippen LogP contribution in [0.4, 0.5) is 5.69 Å². The fraction of sp³-hybridized carbons (Fsp3) is 0.240. The minimum absolute atomic E-state index is 0.0875. The van der Waals surface area contributed by atoms with Crippen LogP contribution in [0.2, 0.25) is 0 Å². The molecule has 0 unspecified atom stereocenters. The maximum absolute atomic E-state index is 13.2. The summed E-state index contributed by atoms with van der Waals surface area (Å²) in [6.45, 7) is 3.88. The van der Waals surface area contributed by atoms with Crippen molar-refractivity contribution < 1.29 is 14.3 Å². The maximum Gasteiger partial charge on any atom is 0.257 e. The third kappa shape index (κ3) is 4.27. The van der Waals surface area contributed by atoms with Gasteiger partial charge in [-0.2, -0.15) is 5.10 Å². The topological polar surface area (TPSA) is 155 Å². The van der Waals surface area contributed by atoms with Gasteiger partial charge < -0.3 is 19.9 Å². The van der Waals surface area contributed by atoms with Crippen LogP contribution in [0.1, 0.15) is 23.7 Å². The Bertz CT molecular complexity index is 1640. The van der Waals surface area contributed by atoms with Crippen molar-refractivity contribution in [3.8, 4) is 22.6 Å². The molecule has 0 saturated carbocycles. The van der Waals surface area contributed by atoms with Crippen LogP contribution in [0.5, 0.6) is 0 Å². The van der Waals surface area contributed by atoms with Gasteiger partial charge in [0.15, 0.2) is 11.5 Å². The molecule has 5 aromatic rings. The summed E-state index contributed by atoms with van der Waals surface area (Å²) < 4.78 is 5.37. The Hall–Kier alpha value is -4.71. The van der Waals surface area contributed by atoms with E-state index in [1.54, 1.807) is 42.8 Å². The van der Waals surface area contributed by atoms with Gasteiger partial charge in [-0.1, -0.05) is 6.92 Å². The summed E-state index contributed by atoms with van der Waals surface area (Å²) in [6.07, 6.45) is 8.59. The summed E-state index contributed by atoms with van der Waals surface area (Å²) in [5.74, 6) is 0.304. The molecule has 0 radical (unpaired) electrons. The number of morpholine rings is 1. The number of pyridine rings is 3. The second-order valence-corrected chi connectivity index (χ2v) is 8.63. The predicted octanol–water partition coefficient (Wildman–Crippen LogP) is 2.78. The van der Waals surface area contributed by atoms with Crippen molar-refractivity contribution in [1.29, 1.82) is 0 Å². The molecule has 0 aliphatic carbocycles. The molecule has 186 valence electrons. The number of ether oxygens (including phenoxy) is 1. The molecular formula is C25H23N9O3. The molecule has 2 amide bonds. The lowest BCUT2D eigenvalue weighted by Gasteiger charge is -2.26. The number of hydrogen-bond donors (Lipinski definition) is 3. The number of fused-ring (bicyclic) bond motifs is 2. The zero-order valence-electron chi connectivity index (χ0n) is 20.0. The number of amides is 2. The third-order valence-corrected chi connectivity index (χ3v) is 6.25. The van der Waals surface area contributed by atoms with Crippen molar-refractivity contribution in [3.05, 3.63) is 48.7 Å². The number of imidazole rings is 1. The van der Waals surface area contributed by atoms with Crippen LogP contribution in [0, 0.1) is 0 Å². The smallest absolute Gasteiger partial charge is 0.257 e. The van der Waals surface area contributed by atoms with Crippen LogP contribution in [0.25, 0.3) is 44.7 Å². The van der Waals surface area contributed by atoms with Gasteiger partial charge >= 0.3 is 0 Å². The van der Waals surface area contributed by atoms with Crippen molar-refractivity contribution in [2.45, 2.75) is 13.3 Å². The molecule has 6 heterocycles.